The third-order valence-corrected chi connectivity index (χ3v) is 13.8. The first-order valence-electron chi connectivity index (χ1n) is 23.7. The number of anilines is 3. The third kappa shape index (κ3) is 7.16. The highest BCUT2D eigenvalue weighted by Crippen LogP contribution is 2.40. The summed E-state index contributed by atoms with van der Waals surface area (Å²) in [7, 11) is 0. The van der Waals surface area contributed by atoms with E-state index < -0.39 is 0 Å². The highest BCUT2D eigenvalue weighted by Gasteiger charge is 2.17. The van der Waals surface area contributed by atoms with Crippen LogP contribution in [0.25, 0.3) is 99.5 Å². The lowest BCUT2D eigenvalue weighted by Gasteiger charge is -2.26. The topological polar surface area (TPSA) is 13.1 Å². The second kappa shape index (κ2) is 16.9. The molecule has 0 saturated heterocycles. The zero-order chi connectivity index (χ0) is 45.7. The number of para-hydroxylation sites is 4. The minimum absolute atomic E-state index is 1.09. The zero-order valence-electron chi connectivity index (χ0n) is 37.8. The quantitative estimate of drug-likeness (QED) is 0.141. The van der Waals surface area contributed by atoms with Gasteiger partial charge in [0.15, 0.2) is 0 Å². The predicted octanol–water partition coefficient (Wildman–Crippen LogP) is 18.0. The lowest BCUT2D eigenvalue weighted by molar-refractivity contribution is 1.18. The van der Waals surface area contributed by atoms with E-state index in [0.29, 0.717) is 0 Å². The Morgan fingerprint density at radius 3 is 0.942 bits per heavy atom. The highest BCUT2D eigenvalue weighted by atomic mass is 15.1. The van der Waals surface area contributed by atoms with Crippen LogP contribution in [0.5, 0.6) is 0 Å². The minimum Gasteiger partial charge on any atom is -0.311 e. The number of rotatable bonds is 9. The molecule has 0 unspecified atom stereocenters. The summed E-state index contributed by atoms with van der Waals surface area (Å²) in [6, 6.07) is 98.9. The Balaban J connectivity index is 0.802. The second-order valence-corrected chi connectivity index (χ2v) is 17.8. The lowest BCUT2D eigenvalue weighted by atomic mass is 9.99. The van der Waals surface area contributed by atoms with Crippen molar-refractivity contribution in [2.75, 3.05) is 4.90 Å². The molecular weight excluding hydrogens is 835 g/mol. The molecule has 11 aromatic carbocycles. The Hall–Kier alpha value is -9.18. The summed E-state index contributed by atoms with van der Waals surface area (Å²) in [4.78, 5) is 2.35. The molecule has 69 heavy (non-hydrogen) atoms. The van der Waals surface area contributed by atoms with Crippen LogP contribution in [0.3, 0.4) is 0 Å². The monoisotopic (exact) mass is 879 g/mol. The van der Waals surface area contributed by atoms with Crippen LogP contribution >= 0.6 is 0 Å². The number of nitrogens with zero attached hydrogens (tertiary/aromatic N) is 3. The van der Waals surface area contributed by atoms with E-state index >= 15 is 0 Å². The molecule has 0 atom stereocenters. The summed E-state index contributed by atoms with van der Waals surface area (Å²) in [5, 5.41) is 5.04. The molecule has 0 amide bonds. The van der Waals surface area contributed by atoms with Crippen LogP contribution in [0.15, 0.2) is 273 Å². The SMILES string of the molecule is c1ccc(-c2ccc(N(c3ccc(-c4ccc(-c5ccc(-n6c7ccccc7c7ccccc76)cc5)cc4)cc3)c3ccc(-c4ccc5c(c4)c4ccccc4n5-c4ccccc4)cc3)cc2)cc1. The molecule has 0 aliphatic carbocycles. The molecular formula is C66H45N3. The molecule has 0 spiro atoms. The Kier molecular flexibility index (Phi) is 9.84. The van der Waals surface area contributed by atoms with E-state index in [2.05, 4.69) is 287 Å². The van der Waals surface area contributed by atoms with Crippen LogP contribution in [0.1, 0.15) is 0 Å². The van der Waals surface area contributed by atoms with E-state index in [9.17, 15) is 0 Å². The third-order valence-electron chi connectivity index (χ3n) is 13.8. The number of hydrogen-bond donors (Lipinski definition) is 0. The van der Waals surface area contributed by atoms with Crippen LogP contribution in [0, 0.1) is 0 Å². The summed E-state index contributed by atoms with van der Waals surface area (Å²) in [5.41, 5.74) is 20.0. The van der Waals surface area contributed by atoms with Gasteiger partial charge >= 0.3 is 0 Å². The normalized spacial score (nSPS) is 11.5. The van der Waals surface area contributed by atoms with Crippen LogP contribution < -0.4 is 4.90 Å². The molecule has 0 aliphatic heterocycles. The van der Waals surface area contributed by atoms with Gasteiger partial charge in [0.05, 0.1) is 22.1 Å². The molecule has 324 valence electrons. The van der Waals surface area contributed by atoms with Crippen LogP contribution in [-0.4, -0.2) is 9.13 Å². The van der Waals surface area contributed by atoms with Gasteiger partial charge in [-0.25, -0.2) is 0 Å². The first kappa shape index (κ1) is 40.1. The van der Waals surface area contributed by atoms with Crippen molar-refractivity contribution in [1.29, 1.82) is 0 Å². The minimum atomic E-state index is 1.09. The van der Waals surface area contributed by atoms with Crippen molar-refractivity contribution in [3.05, 3.63) is 273 Å². The molecule has 13 aromatic rings. The average Bonchev–Trinajstić information content (AvgIpc) is 3.95. The molecule has 3 heteroatoms. The van der Waals surface area contributed by atoms with E-state index in [0.717, 1.165) is 28.4 Å². The van der Waals surface area contributed by atoms with Crippen LogP contribution in [-0.2, 0) is 0 Å². The number of aromatic nitrogens is 2. The maximum absolute atomic E-state index is 2.37. The maximum atomic E-state index is 2.37. The van der Waals surface area contributed by atoms with E-state index in [1.165, 1.54) is 88.1 Å². The molecule has 0 bridgehead atoms. The van der Waals surface area contributed by atoms with Gasteiger partial charge in [0.25, 0.3) is 0 Å². The van der Waals surface area contributed by atoms with E-state index in [-0.39, 0.29) is 0 Å². The second-order valence-electron chi connectivity index (χ2n) is 17.8. The van der Waals surface area contributed by atoms with Crippen molar-refractivity contribution in [2.24, 2.45) is 0 Å². The fourth-order valence-corrected chi connectivity index (χ4v) is 10.4. The highest BCUT2D eigenvalue weighted by molar-refractivity contribution is 6.11. The summed E-state index contributed by atoms with van der Waals surface area (Å²) in [6.07, 6.45) is 0. The van der Waals surface area contributed by atoms with Crippen molar-refractivity contribution in [3.63, 3.8) is 0 Å². The smallest absolute Gasteiger partial charge is 0.0541 e. The van der Waals surface area contributed by atoms with E-state index in [1.54, 1.807) is 0 Å². The van der Waals surface area contributed by atoms with Crippen molar-refractivity contribution < 1.29 is 0 Å². The molecule has 0 aliphatic rings. The molecule has 0 saturated carbocycles. The first-order valence-corrected chi connectivity index (χ1v) is 23.7. The van der Waals surface area contributed by atoms with Crippen molar-refractivity contribution in [3.8, 4) is 55.9 Å². The van der Waals surface area contributed by atoms with Gasteiger partial charge < -0.3 is 14.0 Å². The van der Waals surface area contributed by atoms with Gasteiger partial charge in [0.2, 0.25) is 0 Å². The fourth-order valence-electron chi connectivity index (χ4n) is 10.4. The van der Waals surface area contributed by atoms with Gasteiger partial charge in [-0.2, -0.15) is 0 Å². The van der Waals surface area contributed by atoms with Gasteiger partial charge in [-0.15, -0.1) is 0 Å². The van der Waals surface area contributed by atoms with Gasteiger partial charge in [0, 0.05) is 50.0 Å². The van der Waals surface area contributed by atoms with Crippen molar-refractivity contribution in [1.82, 2.24) is 9.13 Å². The van der Waals surface area contributed by atoms with Crippen molar-refractivity contribution in [2.45, 2.75) is 0 Å². The van der Waals surface area contributed by atoms with Gasteiger partial charge in [-0.05, 0) is 136 Å². The maximum Gasteiger partial charge on any atom is 0.0541 e. The standard InChI is InChI=1S/C66H45N3/c1-3-13-46(14-4-1)49-27-36-55(37-28-49)67(57-40-33-52(34-41-57)53-35-44-66-62(45-53)61-19-9-12-22-65(61)68(66)54-15-5-2-6-16-54)56-38-29-50(30-39-56)47-23-25-48(26-24-47)51-31-42-58(43-32-51)69-63-20-10-7-17-59(63)60-18-8-11-21-64(60)69/h1-45H. The number of fused-ring (bicyclic) bond motifs is 6. The summed E-state index contributed by atoms with van der Waals surface area (Å²) >= 11 is 0. The molecule has 2 heterocycles. The first-order chi connectivity index (χ1) is 34.2. The summed E-state index contributed by atoms with van der Waals surface area (Å²) in [5.74, 6) is 0. The number of hydrogen-bond acceptors (Lipinski definition) is 1. The molecule has 0 N–H and O–H groups in total. The Morgan fingerprint density at radius 1 is 0.203 bits per heavy atom. The molecule has 3 nitrogen and oxygen atoms in total. The molecule has 0 fully saturated rings. The Bertz CT molecular complexity index is 3890. The summed E-state index contributed by atoms with van der Waals surface area (Å²) in [6.45, 7) is 0. The number of benzene rings is 11. The largest absolute Gasteiger partial charge is 0.311 e. The lowest BCUT2D eigenvalue weighted by Crippen LogP contribution is -2.09. The van der Waals surface area contributed by atoms with Crippen LogP contribution in [0.4, 0.5) is 17.1 Å². The molecule has 0 radical (unpaired) electrons. The van der Waals surface area contributed by atoms with Gasteiger partial charge in [-0.1, -0.05) is 182 Å². The fraction of sp³-hybridized carbons (Fsp3) is 0. The van der Waals surface area contributed by atoms with Crippen molar-refractivity contribution >= 4 is 60.7 Å². The Morgan fingerprint density at radius 2 is 0.493 bits per heavy atom. The van der Waals surface area contributed by atoms with Crippen LogP contribution in [0.2, 0.25) is 0 Å². The van der Waals surface area contributed by atoms with E-state index in [4.69, 9.17) is 0 Å². The average molecular weight is 880 g/mol. The molecule has 2 aromatic heterocycles. The molecule has 13 rings (SSSR count). The van der Waals surface area contributed by atoms with E-state index in [1.807, 2.05) is 0 Å². The van der Waals surface area contributed by atoms with Gasteiger partial charge in [-0.3, -0.25) is 0 Å². The predicted molar refractivity (Wildman–Crippen MR) is 292 cm³/mol. The Labute approximate surface area is 401 Å². The van der Waals surface area contributed by atoms with Gasteiger partial charge in [0.1, 0.15) is 0 Å². The summed E-state index contributed by atoms with van der Waals surface area (Å²) < 4.78 is 4.73. The zero-order valence-corrected chi connectivity index (χ0v) is 37.8.